The zero-order chi connectivity index (χ0) is 19.1. The first-order valence-corrected chi connectivity index (χ1v) is 9.63. The largest absolute Gasteiger partial charge is 0.497 e. The number of amides is 1. The van der Waals surface area contributed by atoms with Gasteiger partial charge in [0.2, 0.25) is 0 Å². The molecule has 3 rings (SSSR count). The van der Waals surface area contributed by atoms with Gasteiger partial charge in [-0.2, -0.15) is 0 Å². The highest BCUT2D eigenvalue weighted by Crippen LogP contribution is 2.17. The molecule has 1 aliphatic heterocycles. The first-order valence-electron chi connectivity index (χ1n) is 9.23. The number of hydrogen-bond acceptors (Lipinski definition) is 3. The minimum absolute atomic E-state index is 0.119. The standard InChI is InChI=1S/C21H25N3O2S/c1-26-19-10-6-9-18(14-19)23-21(27)22-15-16-7-5-8-17(13-16)20(25)24-11-3-2-4-12-24/h5-10,13-14H,2-4,11-12,15H2,1H3,(H2,22,23,27). The number of nitrogens with zero attached hydrogens (tertiary/aromatic N) is 1. The zero-order valence-corrected chi connectivity index (χ0v) is 16.3. The van der Waals surface area contributed by atoms with Crippen LogP contribution in [0.2, 0.25) is 0 Å². The van der Waals surface area contributed by atoms with Crippen LogP contribution in [0.1, 0.15) is 35.2 Å². The maximum atomic E-state index is 12.6. The van der Waals surface area contributed by atoms with Crippen LogP contribution in [0.15, 0.2) is 48.5 Å². The van der Waals surface area contributed by atoms with Crippen LogP contribution < -0.4 is 15.4 Å². The zero-order valence-electron chi connectivity index (χ0n) is 15.5. The van der Waals surface area contributed by atoms with E-state index in [-0.39, 0.29) is 5.91 Å². The first-order chi connectivity index (χ1) is 13.2. The third-order valence-corrected chi connectivity index (χ3v) is 4.84. The van der Waals surface area contributed by atoms with Crippen LogP contribution in [-0.2, 0) is 6.54 Å². The summed E-state index contributed by atoms with van der Waals surface area (Å²) in [5.74, 6) is 0.889. The lowest BCUT2D eigenvalue weighted by Crippen LogP contribution is -2.35. The Balaban J connectivity index is 1.56. The van der Waals surface area contributed by atoms with Crippen molar-refractivity contribution < 1.29 is 9.53 Å². The monoisotopic (exact) mass is 383 g/mol. The van der Waals surface area contributed by atoms with Crippen LogP contribution in [0.3, 0.4) is 0 Å². The number of thiocarbonyl (C=S) groups is 1. The fraction of sp³-hybridized carbons (Fsp3) is 0.333. The molecule has 0 bridgehead atoms. The van der Waals surface area contributed by atoms with Crippen molar-refractivity contribution in [1.82, 2.24) is 10.2 Å². The molecule has 1 amide bonds. The van der Waals surface area contributed by atoms with Crippen LogP contribution in [0, 0.1) is 0 Å². The quantitative estimate of drug-likeness (QED) is 0.769. The fourth-order valence-electron chi connectivity index (χ4n) is 3.15. The molecule has 0 saturated carbocycles. The molecule has 0 aromatic heterocycles. The summed E-state index contributed by atoms with van der Waals surface area (Å²) in [6, 6.07) is 15.3. The molecule has 2 aromatic rings. The van der Waals surface area contributed by atoms with Gasteiger partial charge >= 0.3 is 0 Å². The van der Waals surface area contributed by atoms with Crippen LogP contribution in [0.5, 0.6) is 5.75 Å². The Morgan fingerprint density at radius 3 is 2.67 bits per heavy atom. The van der Waals surface area contributed by atoms with Crippen LogP contribution >= 0.6 is 12.2 Å². The molecule has 27 heavy (non-hydrogen) atoms. The molecular weight excluding hydrogens is 358 g/mol. The van der Waals surface area contributed by atoms with Crippen LogP contribution in [0.25, 0.3) is 0 Å². The van der Waals surface area contributed by atoms with Gasteiger partial charge in [0.05, 0.1) is 7.11 Å². The number of likely N-dealkylation sites (tertiary alicyclic amines) is 1. The van der Waals surface area contributed by atoms with E-state index in [1.54, 1.807) is 7.11 Å². The topological polar surface area (TPSA) is 53.6 Å². The second-order valence-corrected chi connectivity index (χ2v) is 7.00. The summed E-state index contributed by atoms with van der Waals surface area (Å²) in [4.78, 5) is 14.6. The molecule has 2 aromatic carbocycles. The third-order valence-electron chi connectivity index (χ3n) is 4.60. The molecule has 142 valence electrons. The number of carbonyl (C=O) groups is 1. The Morgan fingerprint density at radius 2 is 1.89 bits per heavy atom. The molecule has 0 atom stereocenters. The van der Waals surface area contributed by atoms with Crippen molar-refractivity contribution in [2.45, 2.75) is 25.8 Å². The van der Waals surface area contributed by atoms with Gasteiger partial charge in [0.25, 0.3) is 5.91 Å². The molecule has 5 nitrogen and oxygen atoms in total. The third kappa shape index (κ3) is 5.44. The summed E-state index contributed by atoms with van der Waals surface area (Å²) in [6.07, 6.45) is 3.40. The second-order valence-electron chi connectivity index (χ2n) is 6.59. The molecule has 0 aliphatic carbocycles. The molecule has 0 spiro atoms. The summed E-state index contributed by atoms with van der Waals surface area (Å²) in [7, 11) is 1.63. The number of rotatable bonds is 5. The molecule has 1 aliphatic rings. The van der Waals surface area contributed by atoms with E-state index in [1.807, 2.05) is 53.4 Å². The summed E-state index contributed by atoms with van der Waals surface area (Å²) in [5.41, 5.74) is 2.62. The van der Waals surface area contributed by atoms with Crippen molar-refractivity contribution in [3.63, 3.8) is 0 Å². The number of anilines is 1. The van der Waals surface area contributed by atoms with Crippen molar-refractivity contribution in [1.29, 1.82) is 0 Å². The Hall–Kier alpha value is -2.60. The highest BCUT2D eigenvalue weighted by Gasteiger charge is 2.18. The van der Waals surface area contributed by atoms with Crippen molar-refractivity contribution in [3.05, 3.63) is 59.7 Å². The normalized spacial score (nSPS) is 13.7. The molecular formula is C21H25N3O2S. The van der Waals surface area contributed by atoms with Gasteiger partial charge in [-0.05, 0) is 61.3 Å². The average molecular weight is 384 g/mol. The number of nitrogens with one attached hydrogen (secondary N) is 2. The van der Waals surface area contributed by atoms with Crippen molar-refractivity contribution >= 4 is 28.9 Å². The van der Waals surface area contributed by atoms with E-state index in [9.17, 15) is 4.79 Å². The minimum Gasteiger partial charge on any atom is -0.497 e. The van der Waals surface area contributed by atoms with E-state index in [0.717, 1.165) is 48.5 Å². The molecule has 1 heterocycles. The highest BCUT2D eigenvalue weighted by atomic mass is 32.1. The Kier molecular flexibility index (Phi) is 6.65. The molecule has 0 radical (unpaired) electrons. The SMILES string of the molecule is COc1cccc(NC(=S)NCc2cccc(C(=O)N3CCCCC3)c2)c1. The van der Waals surface area contributed by atoms with Gasteiger partial charge in [0.15, 0.2) is 5.11 Å². The number of piperidine rings is 1. The Bertz CT molecular complexity index is 804. The molecule has 1 saturated heterocycles. The van der Waals surface area contributed by atoms with E-state index < -0.39 is 0 Å². The average Bonchev–Trinajstić information content (AvgIpc) is 2.72. The summed E-state index contributed by atoms with van der Waals surface area (Å²) < 4.78 is 5.21. The predicted molar refractivity (Wildman–Crippen MR) is 112 cm³/mol. The first kappa shape index (κ1) is 19.2. The van der Waals surface area contributed by atoms with Gasteiger partial charge in [-0.15, -0.1) is 0 Å². The predicted octanol–water partition coefficient (Wildman–Crippen LogP) is 3.81. The van der Waals surface area contributed by atoms with Crippen molar-refractivity contribution in [3.8, 4) is 5.75 Å². The van der Waals surface area contributed by atoms with Gasteiger partial charge in [0, 0.05) is 37.0 Å². The van der Waals surface area contributed by atoms with E-state index in [4.69, 9.17) is 17.0 Å². The van der Waals surface area contributed by atoms with Crippen molar-refractivity contribution in [2.75, 3.05) is 25.5 Å². The van der Waals surface area contributed by atoms with Gasteiger partial charge in [-0.1, -0.05) is 18.2 Å². The number of hydrogen-bond donors (Lipinski definition) is 2. The second kappa shape index (κ2) is 9.37. The summed E-state index contributed by atoms with van der Waals surface area (Å²) >= 11 is 5.36. The smallest absolute Gasteiger partial charge is 0.253 e. The molecule has 1 fully saturated rings. The molecule has 0 unspecified atom stereocenters. The van der Waals surface area contributed by atoms with Gasteiger partial charge in [-0.3, -0.25) is 4.79 Å². The van der Waals surface area contributed by atoms with E-state index in [1.165, 1.54) is 6.42 Å². The van der Waals surface area contributed by atoms with E-state index >= 15 is 0 Å². The maximum Gasteiger partial charge on any atom is 0.253 e. The number of ether oxygens (including phenoxy) is 1. The lowest BCUT2D eigenvalue weighted by Gasteiger charge is -2.26. The van der Waals surface area contributed by atoms with Crippen molar-refractivity contribution in [2.24, 2.45) is 0 Å². The lowest BCUT2D eigenvalue weighted by atomic mass is 10.1. The molecule has 6 heteroatoms. The number of methoxy groups -OCH3 is 1. The van der Waals surface area contributed by atoms with Gasteiger partial charge in [-0.25, -0.2) is 0 Å². The maximum absolute atomic E-state index is 12.6. The number of carbonyl (C=O) groups excluding carboxylic acids is 1. The van der Waals surface area contributed by atoms with E-state index in [2.05, 4.69) is 10.6 Å². The Labute approximate surface area is 165 Å². The Morgan fingerprint density at radius 1 is 1.11 bits per heavy atom. The van der Waals surface area contributed by atoms with E-state index in [0.29, 0.717) is 11.7 Å². The number of benzene rings is 2. The minimum atomic E-state index is 0.119. The summed E-state index contributed by atoms with van der Waals surface area (Å²) in [5, 5.41) is 6.85. The van der Waals surface area contributed by atoms with Gasteiger partial charge in [0.1, 0.15) is 5.75 Å². The summed E-state index contributed by atoms with van der Waals surface area (Å²) in [6.45, 7) is 2.27. The van der Waals surface area contributed by atoms with Gasteiger partial charge < -0.3 is 20.3 Å². The lowest BCUT2D eigenvalue weighted by molar-refractivity contribution is 0.0724. The fourth-order valence-corrected chi connectivity index (χ4v) is 3.34. The highest BCUT2D eigenvalue weighted by molar-refractivity contribution is 7.80. The van der Waals surface area contributed by atoms with Crippen LogP contribution in [0.4, 0.5) is 5.69 Å². The van der Waals surface area contributed by atoms with Crippen LogP contribution in [-0.4, -0.2) is 36.1 Å². The molecule has 2 N–H and O–H groups in total.